The molecule has 5 heteroatoms. The highest BCUT2D eigenvalue weighted by atomic mass is 35.5. The first-order valence-electron chi connectivity index (χ1n) is 6.52. The fraction of sp³-hybridized carbons (Fsp3) is 0.125. The van der Waals surface area contributed by atoms with Crippen LogP contribution in [0, 0.1) is 13.8 Å². The van der Waals surface area contributed by atoms with Gasteiger partial charge in [-0.1, -0.05) is 11.6 Å². The summed E-state index contributed by atoms with van der Waals surface area (Å²) in [5.74, 6) is 0.808. The zero-order valence-electron chi connectivity index (χ0n) is 11.7. The molecule has 0 amide bonds. The average molecular weight is 300 g/mol. The van der Waals surface area contributed by atoms with Crippen molar-refractivity contribution in [2.24, 2.45) is 0 Å². The number of hydrogen-bond donors (Lipinski definition) is 2. The summed E-state index contributed by atoms with van der Waals surface area (Å²) in [6, 6.07) is 8.82. The second-order valence-electron chi connectivity index (χ2n) is 4.97. The molecule has 2 N–H and O–H groups in total. The quantitative estimate of drug-likeness (QED) is 0.738. The number of fused-ring (bicyclic) bond motifs is 1. The van der Waals surface area contributed by atoms with Crippen molar-refractivity contribution in [3.05, 3.63) is 52.8 Å². The van der Waals surface area contributed by atoms with Crippen molar-refractivity contribution < 1.29 is 5.11 Å². The second-order valence-corrected chi connectivity index (χ2v) is 5.37. The Balaban J connectivity index is 2.12. The van der Waals surface area contributed by atoms with Crippen LogP contribution in [0.5, 0.6) is 5.75 Å². The molecule has 0 spiro atoms. The summed E-state index contributed by atoms with van der Waals surface area (Å²) in [4.78, 5) is 8.57. The van der Waals surface area contributed by atoms with Crippen LogP contribution in [0.3, 0.4) is 0 Å². The van der Waals surface area contributed by atoms with Gasteiger partial charge < -0.3 is 10.4 Å². The number of phenolic OH excluding ortho intramolecular Hbond substituents is 1. The Hall–Kier alpha value is -2.33. The maximum Gasteiger partial charge on any atom is 0.141 e. The van der Waals surface area contributed by atoms with Crippen molar-refractivity contribution >= 4 is 34.0 Å². The van der Waals surface area contributed by atoms with Crippen molar-refractivity contribution in [1.82, 2.24) is 9.97 Å². The number of benzene rings is 2. The van der Waals surface area contributed by atoms with Crippen molar-refractivity contribution in [3.8, 4) is 5.75 Å². The van der Waals surface area contributed by atoms with Crippen LogP contribution in [0.4, 0.5) is 11.5 Å². The largest absolute Gasteiger partial charge is 0.508 e. The minimum Gasteiger partial charge on any atom is -0.508 e. The molecular weight excluding hydrogens is 286 g/mol. The van der Waals surface area contributed by atoms with Gasteiger partial charge in [-0.2, -0.15) is 0 Å². The van der Waals surface area contributed by atoms with Crippen LogP contribution in [0.15, 0.2) is 36.7 Å². The fourth-order valence-electron chi connectivity index (χ4n) is 2.15. The zero-order chi connectivity index (χ0) is 15.0. The first-order chi connectivity index (χ1) is 10.0. The summed E-state index contributed by atoms with van der Waals surface area (Å²) >= 11 is 6.14. The van der Waals surface area contributed by atoms with Gasteiger partial charge in [-0.15, -0.1) is 0 Å². The van der Waals surface area contributed by atoms with Gasteiger partial charge in [0.15, 0.2) is 0 Å². The van der Waals surface area contributed by atoms with E-state index in [9.17, 15) is 5.11 Å². The van der Waals surface area contributed by atoms with Crippen LogP contribution in [-0.4, -0.2) is 15.1 Å². The number of phenols is 1. The van der Waals surface area contributed by atoms with E-state index in [1.807, 2.05) is 19.1 Å². The molecule has 106 valence electrons. The molecule has 3 aromatic rings. The number of nitrogens with one attached hydrogen (secondary N) is 1. The van der Waals surface area contributed by atoms with E-state index in [4.69, 9.17) is 11.6 Å². The Kier molecular flexibility index (Phi) is 3.39. The number of nitrogens with zero attached hydrogens (tertiary/aromatic N) is 2. The number of aryl methyl sites for hydroxylation is 2. The number of anilines is 2. The predicted molar refractivity (Wildman–Crippen MR) is 85.4 cm³/mol. The number of aromatic nitrogens is 2. The van der Waals surface area contributed by atoms with Gasteiger partial charge in [0.05, 0.1) is 16.2 Å². The molecule has 0 fully saturated rings. The highest BCUT2D eigenvalue weighted by Crippen LogP contribution is 2.31. The minimum absolute atomic E-state index is 0.146. The van der Waals surface area contributed by atoms with E-state index < -0.39 is 0 Å². The third-order valence-electron chi connectivity index (χ3n) is 3.45. The molecule has 0 aliphatic rings. The topological polar surface area (TPSA) is 58.0 Å². The van der Waals surface area contributed by atoms with E-state index >= 15 is 0 Å². The lowest BCUT2D eigenvalue weighted by atomic mass is 10.1. The average Bonchev–Trinajstić information content (AvgIpc) is 2.45. The molecule has 2 aromatic carbocycles. The van der Waals surface area contributed by atoms with Gasteiger partial charge in [-0.25, -0.2) is 9.97 Å². The molecule has 0 unspecified atom stereocenters. The van der Waals surface area contributed by atoms with Gasteiger partial charge in [0.1, 0.15) is 17.9 Å². The summed E-state index contributed by atoms with van der Waals surface area (Å²) in [5, 5.41) is 14.2. The molecule has 3 rings (SSSR count). The van der Waals surface area contributed by atoms with E-state index in [1.165, 1.54) is 17.5 Å². The minimum atomic E-state index is 0.146. The van der Waals surface area contributed by atoms with Crippen molar-refractivity contribution in [2.45, 2.75) is 13.8 Å². The van der Waals surface area contributed by atoms with Crippen molar-refractivity contribution in [3.63, 3.8) is 0 Å². The van der Waals surface area contributed by atoms with Gasteiger partial charge in [0, 0.05) is 11.5 Å². The maximum absolute atomic E-state index is 9.58. The van der Waals surface area contributed by atoms with E-state index in [1.54, 1.807) is 18.2 Å². The molecule has 0 radical (unpaired) electrons. The fourth-order valence-corrected chi connectivity index (χ4v) is 2.32. The molecule has 0 aliphatic heterocycles. The zero-order valence-corrected chi connectivity index (χ0v) is 12.4. The normalized spacial score (nSPS) is 10.8. The Morgan fingerprint density at radius 3 is 2.62 bits per heavy atom. The van der Waals surface area contributed by atoms with Crippen LogP contribution in [0.2, 0.25) is 5.02 Å². The molecular formula is C16H14ClN3O. The summed E-state index contributed by atoms with van der Waals surface area (Å²) in [6.07, 6.45) is 1.51. The molecule has 0 saturated carbocycles. The highest BCUT2D eigenvalue weighted by molar-refractivity contribution is 6.33. The first-order valence-corrected chi connectivity index (χ1v) is 6.90. The van der Waals surface area contributed by atoms with Gasteiger partial charge >= 0.3 is 0 Å². The van der Waals surface area contributed by atoms with Crippen LogP contribution in [-0.2, 0) is 0 Å². The SMILES string of the molecule is Cc1cc2ncnc(Nc3cc(O)ccc3Cl)c2cc1C. The van der Waals surface area contributed by atoms with Crippen LogP contribution < -0.4 is 5.32 Å². The molecule has 1 heterocycles. The Labute approximate surface area is 127 Å². The van der Waals surface area contributed by atoms with Gasteiger partial charge in [0.2, 0.25) is 0 Å². The van der Waals surface area contributed by atoms with Crippen molar-refractivity contribution in [2.75, 3.05) is 5.32 Å². The maximum atomic E-state index is 9.58. The molecule has 1 aromatic heterocycles. The lowest BCUT2D eigenvalue weighted by molar-refractivity contribution is 0.475. The van der Waals surface area contributed by atoms with Crippen molar-refractivity contribution in [1.29, 1.82) is 0 Å². The second kappa shape index (κ2) is 5.22. The molecule has 0 aliphatic carbocycles. The molecule has 21 heavy (non-hydrogen) atoms. The Morgan fingerprint density at radius 1 is 1.05 bits per heavy atom. The molecule has 4 nitrogen and oxygen atoms in total. The van der Waals surface area contributed by atoms with Crippen LogP contribution >= 0.6 is 11.6 Å². The summed E-state index contributed by atoms with van der Waals surface area (Å²) in [5.41, 5.74) is 3.83. The molecule has 0 bridgehead atoms. The highest BCUT2D eigenvalue weighted by Gasteiger charge is 2.08. The smallest absolute Gasteiger partial charge is 0.141 e. The third-order valence-corrected chi connectivity index (χ3v) is 3.78. The van der Waals surface area contributed by atoms with E-state index in [0.717, 1.165) is 10.9 Å². The van der Waals surface area contributed by atoms with E-state index in [-0.39, 0.29) is 5.75 Å². The van der Waals surface area contributed by atoms with E-state index in [0.29, 0.717) is 16.5 Å². The monoisotopic (exact) mass is 299 g/mol. The lowest BCUT2D eigenvalue weighted by Crippen LogP contribution is -1.97. The number of halogens is 1. The Morgan fingerprint density at radius 2 is 1.81 bits per heavy atom. The molecule has 0 saturated heterocycles. The number of aromatic hydroxyl groups is 1. The number of hydrogen-bond acceptors (Lipinski definition) is 4. The van der Waals surface area contributed by atoms with Crippen LogP contribution in [0.25, 0.3) is 10.9 Å². The lowest BCUT2D eigenvalue weighted by Gasteiger charge is -2.11. The Bertz CT molecular complexity index is 833. The van der Waals surface area contributed by atoms with E-state index in [2.05, 4.69) is 22.2 Å². The van der Waals surface area contributed by atoms with Gasteiger partial charge in [-0.3, -0.25) is 0 Å². The standard InChI is InChI=1S/C16H14ClN3O/c1-9-5-12-14(6-10(9)2)18-8-19-16(12)20-15-7-11(21)3-4-13(15)17/h3-8,21H,1-2H3,(H,18,19,20). The van der Waals surface area contributed by atoms with Gasteiger partial charge in [-0.05, 0) is 49.2 Å². The predicted octanol–water partition coefficient (Wildman–Crippen LogP) is 4.35. The summed E-state index contributed by atoms with van der Waals surface area (Å²) in [6.45, 7) is 4.10. The third kappa shape index (κ3) is 2.62. The molecule has 0 atom stereocenters. The van der Waals surface area contributed by atoms with Gasteiger partial charge in [0.25, 0.3) is 0 Å². The first kappa shape index (κ1) is 13.6. The summed E-state index contributed by atoms with van der Waals surface area (Å²) < 4.78 is 0. The summed E-state index contributed by atoms with van der Waals surface area (Å²) in [7, 11) is 0. The number of rotatable bonds is 2. The van der Waals surface area contributed by atoms with Crippen LogP contribution in [0.1, 0.15) is 11.1 Å².